The molecule has 0 radical (unpaired) electrons. The van der Waals surface area contributed by atoms with Gasteiger partial charge in [0.2, 0.25) is 10.0 Å². The molecule has 21 heavy (non-hydrogen) atoms. The van der Waals surface area contributed by atoms with Crippen LogP contribution in [0.4, 0.5) is 0 Å². The molecule has 0 amide bonds. The highest BCUT2D eigenvalue weighted by molar-refractivity contribution is 7.89. The number of piperazine rings is 1. The van der Waals surface area contributed by atoms with E-state index in [0.717, 1.165) is 26.2 Å². The quantitative estimate of drug-likeness (QED) is 0.845. The molecule has 0 aromatic heterocycles. The summed E-state index contributed by atoms with van der Waals surface area (Å²) in [6.07, 6.45) is 0. The molecule has 0 unspecified atom stereocenters. The van der Waals surface area contributed by atoms with Crippen LogP contribution in [-0.2, 0) is 10.0 Å². The van der Waals surface area contributed by atoms with E-state index < -0.39 is 10.0 Å². The fraction of sp³-hybridized carbons (Fsp3) is 0.571. The van der Waals surface area contributed by atoms with Crippen molar-refractivity contribution in [2.75, 3.05) is 53.4 Å². The summed E-state index contributed by atoms with van der Waals surface area (Å²) < 4.78 is 26.5. The topological polar surface area (TPSA) is 64.1 Å². The maximum absolute atomic E-state index is 12.5. The maximum Gasteiger partial charge on any atom is 0.246 e. The van der Waals surface area contributed by atoms with Crippen LogP contribution in [0.5, 0.6) is 5.75 Å². The molecule has 7 heteroatoms. The zero-order valence-electron chi connectivity index (χ0n) is 12.6. The fourth-order valence-corrected chi connectivity index (χ4v) is 3.85. The van der Waals surface area contributed by atoms with Crippen LogP contribution in [0.25, 0.3) is 0 Å². The van der Waals surface area contributed by atoms with Gasteiger partial charge >= 0.3 is 0 Å². The van der Waals surface area contributed by atoms with Crippen LogP contribution in [0.2, 0.25) is 0 Å². The van der Waals surface area contributed by atoms with Gasteiger partial charge in [0.1, 0.15) is 10.6 Å². The highest BCUT2D eigenvalue weighted by Gasteiger charge is 2.30. The van der Waals surface area contributed by atoms with Gasteiger partial charge in [-0.2, -0.15) is 4.31 Å². The Morgan fingerprint density at radius 1 is 1.14 bits per heavy atom. The molecular weight excluding hydrogens is 290 g/mol. The number of phenols is 1. The minimum Gasteiger partial charge on any atom is -0.507 e. The van der Waals surface area contributed by atoms with Gasteiger partial charge in [-0.25, -0.2) is 8.42 Å². The summed E-state index contributed by atoms with van der Waals surface area (Å²) in [5, 5.41) is 9.75. The second-order valence-corrected chi connectivity index (χ2v) is 7.42. The van der Waals surface area contributed by atoms with Crippen LogP contribution in [0.15, 0.2) is 29.2 Å². The summed E-state index contributed by atoms with van der Waals surface area (Å²) in [5.41, 5.74) is 0. The van der Waals surface area contributed by atoms with Crippen LogP contribution in [-0.4, -0.2) is 81.0 Å². The molecule has 0 spiro atoms. The van der Waals surface area contributed by atoms with E-state index in [-0.39, 0.29) is 10.6 Å². The summed E-state index contributed by atoms with van der Waals surface area (Å²) in [4.78, 5) is 4.37. The Morgan fingerprint density at radius 2 is 1.76 bits per heavy atom. The summed E-state index contributed by atoms with van der Waals surface area (Å²) in [7, 11) is 0.452. The number of para-hydroxylation sites is 1. The molecule has 1 saturated heterocycles. The fourth-order valence-electron chi connectivity index (χ4n) is 2.35. The molecular formula is C14H23N3O3S. The van der Waals surface area contributed by atoms with Crippen molar-refractivity contribution in [2.24, 2.45) is 0 Å². The van der Waals surface area contributed by atoms with Crippen molar-refractivity contribution in [1.82, 2.24) is 14.1 Å². The number of phenolic OH excluding ortho intramolecular Hbond substituents is 1. The van der Waals surface area contributed by atoms with Gasteiger partial charge in [0.15, 0.2) is 0 Å². The van der Waals surface area contributed by atoms with E-state index in [0.29, 0.717) is 13.1 Å². The first-order chi connectivity index (χ1) is 9.91. The maximum atomic E-state index is 12.5. The third-order valence-corrected chi connectivity index (χ3v) is 5.62. The number of aromatic hydroxyl groups is 1. The SMILES string of the molecule is CN(C)CCN1CCN(S(=O)(=O)c2ccccc2O)CC1. The first-order valence-electron chi connectivity index (χ1n) is 7.06. The van der Waals surface area contributed by atoms with E-state index in [4.69, 9.17) is 0 Å². The van der Waals surface area contributed by atoms with E-state index in [1.807, 2.05) is 14.1 Å². The minimum atomic E-state index is -3.60. The second-order valence-electron chi connectivity index (χ2n) is 5.52. The Labute approximate surface area is 126 Å². The largest absolute Gasteiger partial charge is 0.507 e. The average molecular weight is 313 g/mol. The molecule has 118 valence electrons. The highest BCUT2D eigenvalue weighted by atomic mass is 32.2. The predicted octanol–water partition coefficient (Wildman–Crippen LogP) is 0.260. The molecule has 1 aromatic carbocycles. The van der Waals surface area contributed by atoms with Gasteiger partial charge in [0.25, 0.3) is 0 Å². The molecule has 1 N–H and O–H groups in total. The lowest BCUT2D eigenvalue weighted by atomic mass is 10.3. The third kappa shape index (κ3) is 3.94. The van der Waals surface area contributed by atoms with Crippen molar-refractivity contribution >= 4 is 10.0 Å². The predicted molar refractivity (Wildman–Crippen MR) is 81.9 cm³/mol. The number of sulfonamides is 1. The van der Waals surface area contributed by atoms with Crippen molar-refractivity contribution in [3.05, 3.63) is 24.3 Å². The van der Waals surface area contributed by atoms with Gasteiger partial charge in [0.05, 0.1) is 0 Å². The molecule has 1 fully saturated rings. The van der Waals surface area contributed by atoms with E-state index in [1.54, 1.807) is 12.1 Å². The molecule has 1 aromatic rings. The first-order valence-corrected chi connectivity index (χ1v) is 8.50. The Balaban J connectivity index is 2.00. The standard InChI is InChI=1S/C14H23N3O3S/c1-15(2)7-8-16-9-11-17(12-10-16)21(19,20)14-6-4-3-5-13(14)18/h3-6,18H,7-12H2,1-2H3. The van der Waals surface area contributed by atoms with Crippen LogP contribution in [0.3, 0.4) is 0 Å². The zero-order valence-corrected chi connectivity index (χ0v) is 13.4. The van der Waals surface area contributed by atoms with Gasteiger partial charge in [-0.05, 0) is 26.2 Å². The van der Waals surface area contributed by atoms with Gasteiger partial charge in [-0.15, -0.1) is 0 Å². The number of likely N-dealkylation sites (N-methyl/N-ethyl adjacent to an activating group) is 1. The molecule has 0 bridgehead atoms. The Hall–Kier alpha value is -1.15. The van der Waals surface area contributed by atoms with Crippen LogP contribution in [0.1, 0.15) is 0 Å². The van der Waals surface area contributed by atoms with Crippen molar-refractivity contribution in [1.29, 1.82) is 0 Å². The van der Waals surface area contributed by atoms with Crippen LogP contribution >= 0.6 is 0 Å². The summed E-state index contributed by atoms with van der Waals surface area (Å²) in [5.74, 6) is -0.187. The number of benzene rings is 1. The molecule has 0 saturated carbocycles. The Bertz CT molecular complexity index is 567. The molecule has 1 heterocycles. The van der Waals surface area contributed by atoms with Crippen molar-refractivity contribution in [3.8, 4) is 5.75 Å². The zero-order chi connectivity index (χ0) is 15.5. The Kier molecular flexibility index (Phi) is 5.21. The molecule has 1 aliphatic heterocycles. The van der Waals surface area contributed by atoms with Crippen LogP contribution in [0, 0.1) is 0 Å². The molecule has 1 aliphatic rings. The van der Waals surface area contributed by atoms with E-state index in [2.05, 4.69) is 9.80 Å². The number of hydrogen-bond acceptors (Lipinski definition) is 5. The summed E-state index contributed by atoms with van der Waals surface area (Å²) >= 11 is 0. The first kappa shape index (κ1) is 16.2. The van der Waals surface area contributed by atoms with Crippen LogP contribution < -0.4 is 0 Å². The van der Waals surface area contributed by atoms with Gasteiger partial charge in [0, 0.05) is 39.3 Å². The smallest absolute Gasteiger partial charge is 0.246 e. The molecule has 0 aliphatic carbocycles. The van der Waals surface area contributed by atoms with E-state index in [9.17, 15) is 13.5 Å². The van der Waals surface area contributed by atoms with Crippen molar-refractivity contribution in [2.45, 2.75) is 4.90 Å². The number of hydrogen-bond donors (Lipinski definition) is 1. The number of rotatable bonds is 5. The Morgan fingerprint density at radius 3 is 2.33 bits per heavy atom. The number of nitrogens with zero attached hydrogens (tertiary/aromatic N) is 3. The van der Waals surface area contributed by atoms with Crippen molar-refractivity contribution < 1.29 is 13.5 Å². The molecule has 2 rings (SSSR count). The third-order valence-electron chi connectivity index (χ3n) is 3.68. The van der Waals surface area contributed by atoms with Gasteiger partial charge in [-0.1, -0.05) is 12.1 Å². The lowest BCUT2D eigenvalue weighted by molar-refractivity contribution is 0.174. The van der Waals surface area contributed by atoms with Gasteiger partial charge in [-0.3, -0.25) is 4.90 Å². The highest BCUT2D eigenvalue weighted by Crippen LogP contribution is 2.25. The minimum absolute atomic E-state index is 0.00765. The average Bonchev–Trinajstić information content (AvgIpc) is 2.46. The second kappa shape index (κ2) is 6.74. The molecule has 0 atom stereocenters. The van der Waals surface area contributed by atoms with Gasteiger partial charge < -0.3 is 10.0 Å². The van der Waals surface area contributed by atoms with E-state index >= 15 is 0 Å². The lowest BCUT2D eigenvalue weighted by Crippen LogP contribution is -2.49. The van der Waals surface area contributed by atoms with Crippen molar-refractivity contribution in [3.63, 3.8) is 0 Å². The summed E-state index contributed by atoms with van der Waals surface area (Å²) in [6.45, 7) is 4.28. The summed E-state index contributed by atoms with van der Waals surface area (Å²) in [6, 6.07) is 6.09. The molecule has 6 nitrogen and oxygen atoms in total. The normalized spacial score (nSPS) is 18.2. The monoisotopic (exact) mass is 313 g/mol. The lowest BCUT2D eigenvalue weighted by Gasteiger charge is -2.34. The van der Waals surface area contributed by atoms with E-state index in [1.165, 1.54) is 16.4 Å².